The first kappa shape index (κ1) is 24.6. The Balaban J connectivity index is 1.63. The molecular formula is C26H33N5O4S. The smallest absolute Gasteiger partial charge is 0.224 e. The lowest BCUT2D eigenvalue weighted by Crippen LogP contribution is -2.47. The molecule has 2 aromatic carbocycles. The van der Waals surface area contributed by atoms with Crippen molar-refractivity contribution < 1.29 is 17.9 Å². The maximum Gasteiger partial charge on any atom is 0.224 e. The molecule has 9 nitrogen and oxygen atoms in total. The summed E-state index contributed by atoms with van der Waals surface area (Å²) in [5.74, 6) is 1.95. The average Bonchev–Trinajstić information content (AvgIpc) is 3.75. The summed E-state index contributed by atoms with van der Waals surface area (Å²) >= 11 is 0. The van der Waals surface area contributed by atoms with E-state index in [2.05, 4.69) is 27.4 Å². The maximum absolute atomic E-state index is 13.0. The van der Waals surface area contributed by atoms with E-state index in [0.717, 1.165) is 29.4 Å². The van der Waals surface area contributed by atoms with Crippen LogP contribution in [0.25, 0.3) is 10.9 Å². The number of sulfonamides is 1. The van der Waals surface area contributed by atoms with E-state index in [1.54, 1.807) is 25.6 Å². The van der Waals surface area contributed by atoms with Crippen LogP contribution < -0.4 is 20.5 Å². The third-order valence-electron chi connectivity index (χ3n) is 7.57. The van der Waals surface area contributed by atoms with Crippen molar-refractivity contribution in [3.63, 3.8) is 0 Å². The molecule has 0 unspecified atom stereocenters. The van der Waals surface area contributed by atoms with Crippen LogP contribution in [0.1, 0.15) is 36.8 Å². The fraction of sp³-hybridized carbons (Fsp3) is 0.462. The van der Waals surface area contributed by atoms with Crippen molar-refractivity contribution in [3.8, 4) is 11.5 Å². The predicted molar refractivity (Wildman–Crippen MR) is 141 cm³/mol. The summed E-state index contributed by atoms with van der Waals surface area (Å²) in [5, 5.41) is 3.48. The zero-order chi connectivity index (χ0) is 25.5. The number of nitrogens with zero attached hydrogens (tertiary/aromatic N) is 3. The molecule has 0 bridgehead atoms. The summed E-state index contributed by atoms with van der Waals surface area (Å²) in [7, 11) is 1.74. The highest BCUT2D eigenvalue weighted by Crippen LogP contribution is 2.47. The Morgan fingerprint density at radius 1 is 1.11 bits per heavy atom. The largest absolute Gasteiger partial charge is 0.493 e. The molecule has 0 radical (unpaired) electrons. The number of nitrogen functional groups attached to an aromatic ring is 1. The van der Waals surface area contributed by atoms with Gasteiger partial charge in [0.1, 0.15) is 5.82 Å². The zero-order valence-electron chi connectivity index (χ0n) is 21.0. The molecule has 1 aliphatic heterocycles. The second-order valence-electron chi connectivity index (χ2n) is 9.63. The number of nitrogens with two attached hydrogens (primary N) is 1. The van der Waals surface area contributed by atoms with Gasteiger partial charge in [0.2, 0.25) is 16.0 Å². The highest BCUT2D eigenvalue weighted by Gasteiger charge is 2.45. The molecule has 1 saturated heterocycles. The van der Waals surface area contributed by atoms with E-state index in [0.29, 0.717) is 61.1 Å². The summed E-state index contributed by atoms with van der Waals surface area (Å²) in [6.45, 7) is 0.960. The quantitative estimate of drug-likeness (QED) is 0.473. The minimum Gasteiger partial charge on any atom is -0.493 e. The summed E-state index contributed by atoms with van der Waals surface area (Å²) in [4.78, 5) is 9.08. The van der Waals surface area contributed by atoms with Gasteiger partial charge in [0, 0.05) is 42.6 Å². The molecule has 10 heteroatoms. The predicted octanol–water partition coefficient (Wildman–Crippen LogP) is 3.34. The topological polar surface area (TPSA) is 120 Å². The van der Waals surface area contributed by atoms with Gasteiger partial charge >= 0.3 is 0 Å². The first-order valence-electron chi connectivity index (χ1n) is 12.3. The fourth-order valence-corrected chi connectivity index (χ4v) is 7.31. The number of fused-ring (bicyclic) bond motifs is 1. The Labute approximate surface area is 212 Å². The Morgan fingerprint density at radius 3 is 2.39 bits per heavy atom. The standard InChI is InChI=1S/C26H33N5O4S/c1-28-25-29-20-15-21(34-2)23(35-3)19(22(20)24(27)30-25)16-26(17-7-5-4-6-8-17)11-13-31(14-12-26)36(32,33)18-9-10-18/h4-8,15,18H,9-14,16H2,1-3H3,(H3,27,28,29,30). The Bertz CT molecular complexity index is 1370. The number of benzene rings is 2. The van der Waals surface area contributed by atoms with Crippen LogP contribution >= 0.6 is 0 Å². The van der Waals surface area contributed by atoms with E-state index in [-0.39, 0.29) is 10.7 Å². The van der Waals surface area contributed by atoms with Gasteiger partial charge in [-0.15, -0.1) is 0 Å². The average molecular weight is 512 g/mol. The number of rotatable bonds is 8. The van der Waals surface area contributed by atoms with Crippen LogP contribution in [0.4, 0.5) is 11.8 Å². The summed E-state index contributed by atoms with van der Waals surface area (Å²) in [6, 6.07) is 12.1. The molecule has 1 aliphatic carbocycles. The van der Waals surface area contributed by atoms with Gasteiger partial charge in [-0.2, -0.15) is 4.98 Å². The molecule has 5 rings (SSSR count). The summed E-state index contributed by atoms with van der Waals surface area (Å²) in [5.41, 5.74) is 8.86. The maximum atomic E-state index is 13.0. The van der Waals surface area contributed by atoms with E-state index in [9.17, 15) is 8.42 Å². The highest BCUT2D eigenvalue weighted by molar-refractivity contribution is 7.90. The molecule has 36 heavy (non-hydrogen) atoms. The number of hydrogen-bond donors (Lipinski definition) is 2. The molecule has 2 fully saturated rings. The van der Waals surface area contributed by atoms with Gasteiger partial charge in [0.15, 0.2) is 11.5 Å². The van der Waals surface area contributed by atoms with Crippen LogP contribution in [0, 0.1) is 0 Å². The van der Waals surface area contributed by atoms with Gasteiger partial charge in [-0.1, -0.05) is 30.3 Å². The second-order valence-corrected chi connectivity index (χ2v) is 11.8. The lowest BCUT2D eigenvalue weighted by Gasteiger charge is -2.42. The number of piperidine rings is 1. The van der Waals surface area contributed by atoms with Crippen LogP contribution in [0.3, 0.4) is 0 Å². The molecule has 192 valence electrons. The minimum atomic E-state index is -3.22. The molecule has 2 aliphatic rings. The third kappa shape index (κ3) is 4.22. The van der Waals surface area contributed by atoms with Gasteiger partial charge in [-0.25, -0.2) is 17.7 Å². The Morgan fingerprint density at radius 2 is 1.81 bits per heavy atom. The van der Waals surface area contributed by atoms with Crippen molar-refractivity contribution in [2.24, 2.45) is 0 Å². The molecule has 0 atom stereocenters. The van der Waals surface area contributed by atoms with Gasteiger partial charge in [0.25, 0.3) is 0 Å². The number of aromatic nitrogens is 2. The second kappa shape index (κ2) is 9.40. The molecule has 0 amide bonds. The monoisotopic (exact) mass is 511 g/mol. The number of nitrogens with one attached hydrogen (secondary N) is 1. The number of anilines is 2. The van der Waals surface area contributed by atoms with Crippen molar-refractivity contribution in [3.05, 3.63) is 47.5 Å². The number of hydrogen-bond acceptors (Lipinski definition) is 8. The number of ether oxygens (including phenoxy) is 2. The zero-order valence-corrected chi connectivity index (χ0v) is 21.8. The molecular weight excluding hydrogens is 478 g/mol. The van der Waals surface area contributed by atoms with Gasteiger partial charge in [-0.05, 0) is 37.7 Å². The SMILES string of the molecule is CNc1nc(N)c2c(CC3(c4ccccc4)CCN(S(=O)(=O)C4CC4)CC3)c(OC)c(OC)cc2n1. The normalized spacial score (nSPS) is 18.2. The van der Waals surface area contributed by atoms with Gasteiger partial charge in [0.05, 0.1) is 25.0 Å². The minimum absolute atomic E-state index is 0.206. The molecule has 1 saturated carbocycles. The first-order valence-corrected chi connectivity index (χ1v) is 13.8. The van der Waals surface area contributed by atoms with Crippen LogP contribution in [0.15, 0.2) is 36.4 Å². The van der Waals surface area contributed by atoms with Crippen LogP contribution in [0.2, 0.25) is 0 Å². The fourth-order valence-electron chi connectivity index (χ4n) is 5.46. The summed E-state index contributed by atoms with van der Waals surface area (Å²) in [6.07, 6.45) is 3.48. The third-order valence-corrected chi connectivity index (χ3v) is 9.97. The van der Waals surface area contributed by atoms with E-state index >= 15 is 0 Å². The van der Waals surface area contributed by atoms with Crippen molar-refractivity contribution in [2.75, 3.05) is 45.4 Å². The van der Waals surface area contributed by atoms with Crippen molar-refractivity contribution in [1.82, 2.24) is 14.3 Å². The Hall–Kier alpha value is -3.11. The molecule has 3 N–H and O–H groups in total. The lowest BCUT2D eigenvalue weighted by molar-refractivity contribution is 0.228. The van der Waals surface area contributed by atoms with E-state index in [1.807, 2.05) is 24.3 Å². The van der Waals surface area contributed by atoms with Crippen LogP contribution in [-0.4, -0.2) is 62.3 Å². The van der Waals surface area contributed by atoms with Gasteiger partial charge in [-0.3, -0.25) is 0 Å². The lowest BCUT2D eigenvalue weighted by atomic mass is 9.69. The van der Waals surface area contributed by atoms with Crippen LogP contribution in [-0.2, 0) is 21.9 Å². The van der Waals surface area contributed by atoms with Crippen molar-refractivity contribution in [2.45, 2.75) is 42.8 Å². The molecule has 0 spiro atoms. The van der Waals surface area contributed by atoms with E-state index in [4.69, 9.17) is 15.2 Å². The molecule has 2 heterocycles. The van der Waals surface area contributed by atoms with Crippen LogP contribution in [0.5, 0.6) is 11.5 Å². The van der Waals surface area contributed by atoms with E-state index in [1.165, 1.54) is 0 Å². The van der Waals surface area contributed by atoms with Crippen molar-refractivity contribution in [1.29, 1.82) is 0 Å². The van der Waals surface area contributed by atoms with Crippen molar-refractivity contribution >= 4 is 32.7 Å². The molecule has 3 aromatic rings. The summed E-state index contributed by atoms with van der Waals surface area (Å²) < 4.78 is 39.2. The van der Waals surface area contributed by atoms with E-state index < -0.39 is 10.0 Å². The highest BCUT2D eigenvalue weighted by atomic mass is 32.2. The molecule has 1 aromatic heterocycles. The number of methoxy groups -OCH3 is 2. The Kier molecular flexibility index (Phi) is 6.42. The first-order chi connectivity index (χ1) is 17.3. The van der Waals surface area contributed by atoms with Gasteiger partial charge < -0.3 is 20.5 Å².